The molecule has 1 unspecified atom stereocenters. The zero-order valence-electron chi connectivity index (χ0n) is 14.7. The molecule has 2 aliphatic rings. The Bertz CT molecular complexity index is 759. The minimum Gasteiger partial charge on any atom is -0.355 e. The fraction of sp³-hybridized carbons (Fsp3) is 0.450. The van der Waals surface area contributed by atoms with Crippen LogP contribution in [0.4, 0.5) is 11.5 Å². The van der Waals surface area contributed by atoms with Gasteiger partial charge < -0.3 is 9.80 Å². The van der Waals surface area contributed by atoms with Gasteiger partial charge in [-0.15, -0.1) is 0 Å². The Labute approximate surface area is 148 Å². The number of rotatable bonds is 2. The van der Waals surface area contributed by atoms with Gasteiger partial charge in [0.15, 0.2) is 0 Å². The Balaban J connectivity index is 1.53. The van der Waals surface area contributed by atoms with Gasteiger partial charge >= 0.3 is 0 Å². The van der Waals surface area contributed by atoms with Crippen LogP contribution in [0.25, 0.3) is 0 Å². The van der Waals surface area contributed by atoms with Crippen LogP contribution in [0.5, 0.6) is 0 Å². The second kappa shape index (κ2) is 6.82. The van der Waals surface area contributed by atoms with Crippen molar-refractivity contribution in [1.82, 2.24) is 9.97 Å². The van der Waals surface area contributed by atoms with Crippen LogP contribution in [-0.4, -0.2) is 35.5 Å². The van der Waals surface area contributed by atoms with Crippen molar-refractivity contribution in [3.05, 3.63) is 47.9 Å². The average Bonchev–Trinajstić information content (AvgIpc) is 2.67. The number of anilines is 2. The molecule has 130 valence electrons. The molecule has 0 spiro atoms. The molecule has 3 heterocycles. The maximum atomic E-state index is 12.9. The number of para-hydroxylation sites is 1. The predicted octanol–water partition coefficient (Wildman–Crippen LogP) is 3.31. The van der Waals surface area contributed by atoms with Crippen molar-refractivity contribution < 1.29 is 4.79 Å². The van der Waals surface area contributed by atoms with E-state index in [1.165, 1.54) is 18.4 Å². The molecule has 1 amide bonds. The molecule has 25 heavy (non-hydrogen) atoms. The maximum absolute atomic E-state index is 12.9. The lowest BCUT2D eigenvalue weighted by molar-refractivity contribution is 0.0980. The van der Waals surface area contributed by atoms with E-state index in [-0.39, 0.29) is 5.91 Å². The zero-order chi connectivity index (χ0) is 17.2. The summed E-state index contributed by atoms with van der Waals surface area (Å²) in [6.07, 6.45) is 7.86. The first-order valence-corrected chi connectivity index (χ1v) is 9.19. The number of carbonyl (C=O) groups excluding carboxylic acids is 1. The Kier molecular flexibility index (Phi) is 4.38. The number of amides is 1. The lowest BCUT2D eigenvalue weighted by atomic mass is 10.0. The van der Waals surface area contributed by atoms with Crippen molar-refractivity contribution in [3.63, 3.8) is 0 Å². The van der Waals surface area contributed by atoms with Gasteiger partial charge in [0.2, 0.25) is 0 Å². The van der Waals surface area contributed by atoms with Gasteiger partial charge in [-0.25, -0.2) is 9.97 Å². The Hall–Kier alpha value is -2.43. The summed E-state index contributed by atoms with van der Waals surface area (Å²) < 4.78 is 0. The summed E-state index contributed by atoms with van der Waals surface area (Å²) in [7, 11) is 0. The summed E-state index contributed by atoms with van der Waals surface area (Å²) in [5.41, 5.74) is 2.66. The van der Waals surface area contributed by atoms with Crippen molar-refractivity contribution in [1.29, 1.82) is 0 Å². The average molecular weight is 336 g/mol. The number of hydrogen-bond acceptors (Lipinski definition) is 4. The number of nitrogens with zero attached hydrogens (tertiary/aromatic N) is 4. The topological polar surface area (TPSA) is 49.3 Å². The lowest BCUT2D eigenvalue weighted by Crippen LogP contribution is -2.37. The summed E-state index contributed by atoms with van der Waals surface area (Å²) in [6, 6.07) is 8.13. The highest BCUT2D eigenvalue weighted by Gasteiger charge is 2.25. The third kappa shape index (κ3) is 3.23. The molecule has 4 rings (SSSR count). The highest BCUT2D eigenvalue weighted by Crippen LogP contribution is 2.28. The van der Waals surface area contributed by atoms with Crippen LogP contribution >= 0.6 is 0 Å². The largest absolute Gasteiger partial charge is 0.355 e. The third-order valence-electron chi connectivity index (χ3n) is 5.19. The van der Waals surface area contributed by atoms with Gasteiger partial charge in [-0.05, 0) is 43.2 Å². The van der Waals surface area contributed by atoms with Gasteiger partial charge in [-0.2, -0.15) is 0 Å². The standard InChI is InChI=1S/C20H24N4O/c1-15-6-4-10-23(14-15)19-13-21-17(12-22-19)20(25)24-11-5-8-16-7-2-3-9-18(16)24/h2-3,7,9,12-13,15H,4-6,8,10-11,14H2,1H3. The number of hydrogen-bond donors (Lipinski definition) is 0. The smallest absolute Gasteiger partial charge is 0.278 e. The molecule has 5 heteroatoms. The molecule has 0 radical (unpaired) electrons. The third-order valence-corrected chi connectivity index (χ3v) is 5.19. The minimum absolute atomic E-state index is 0.0572. The van der Waals surface area contributed by atoms with Gasteiger partial charge in [0.1, 0.15) is 11.5 Å². The van der Waals surface area contributed by atoms with Gasteiger partial charge in [0.05, 0.1) is 12.4 Å². The van der Waals surface area contributed by atoms with E-state index in [1.54, 1.807) is 12.4 Å². The van der Waals surface area contributed by atoms with Crippen LogP contribution in [0.2, 0.25) is 0 Å². The van der Waals surface area contributed by atoms with E-state index in [4.69, 9.17) is 0 Å². The monoisotopic (exact) mass is 336 g/mol. The van der Waals surface area contributed by atoms with Gasteiger partial charge in [-0.3, -0.25) is 4.79 Å². The van der Waals surface area contributed by atoms with E-state index in [2.05, 4.69) is 27.9 Å². The molecule has 1 atom stereocenters. The predicted molar refractivity (Wildman–Crippen MR) is 99.1 cm³/mol. The maximum Gasteiger partial charge on any atom is 0.278 e. The highest BCUT2D eigenvalue weighted by atomic mass is 16.2. The Morgan fingerprint density at radius 2 is 2.00 bits per heavy atom. The van der Waals surface area contributed by atoms with Gasteiger partial charge in [0.25, 0.3) is 5.91 Å². The molecule has 0 saturated carbocycles. The molecule has 1 aromatic carbocycles. The Morgan fingerprint density at radius 3 is 2.80 bits per heavy atom. The number of fused-ring (bicyclic) bond motifs is 1. The molecule has 1 fully saturated rings. The van der Waals surface area contributed by atoms with E-state index in [1.807, 2.05) is 23.1 Å². The first-order chi connectivity index (χ1) is 12.2. The van der Waals surface area contributed by atoms with Crippen LogP contribution in [-0.2, 0) is 6.42 Å². The molecule has 0 N–H and O–H groups in total. The summed E-state index contributed by atoms with van der Waals surface area (Å²) in [5, 5.41) is 0. The fourth-order valence-corrected chi connectivity index (χ4v) is 3.88. The van der Waals surface area contributed by atoms with Crippen molar-refractivity contribution in [2.45, 2.75) is 32.6 Å². The molecule has 1 saturated heterocycles. The molecule has 2 aliphatic heterocycles. The van der Waals surface area contributed by atoms with Crippen LogP contribution in [0.15, 0.2) is 36.7 Å². The molecular weight excluding hydrogens is 312 g/mol. The van der Waals surface area contributed by atoms with E-state index in [9.17, 15) is 4.79 Å². The van der Waals surface area contributed by atoms with Gasteiger partial charge in [0, 0.05) is 25.3 Å². The highest BCUT2D eigenvalue weighted by molar-refractivity contribution is 6.05. The second-order valence-electron chi connectivity index (χ2n) is 7.14. The van der Waals surface area contributed by atoms with Gasteiger partial charge in [-0.1, -0.05) is 25.1 Å². The fourth-order valence-electron chi connectivity index (χ4n) is 3.88. The first kappa shape index (κ1) is 16.1. The SMILES string of the molecule is CC1CCCN(c2cnc(C(=O)N3CCCc4ccccc43)cn2)C1. The van der Waals surface area contributed by atoms with E-state index in [0.29, 0.717) is 11.6 Å². The van der Waals surface area contributed by atoms with Crippen LogP contribution in [0.1, 0.15) is 42.2 Å². The van der Waals surface area contributed by atoms with Crippen molar-refractivity contribution in [3.8, 4) is 0 Å². The van der Waals surface area contributed by atoms with E-state index in [0.717, 1.165) is 44.0 Å². The number of benzene rings is 1. The minimum atomic E-state index is -0.0572. The van der Waals surface area contributed by atoms with Crippen LogP contribution in [0.3, 0.4) is 0 Å². The van der Waals surface area contributed by atoms with E-state index < -0.39 is 0 Å². The van der Waals surface area contributed by atoms with Crippen molar-refractivity contribution >= 4 is 17.4 Å². The van der Waals surface area contributed by atoms with E-state index >= 15 is 0 Å². The quantitative estimate of drug-likeness (QED) is 0.844. The summed E-state index contributed by atoms with van der Waals surface area (Å²) >= 11 is 0. The second-order valence-corrected chi connectivity index (χ2v) is 7.14. The molecule has 0 aliphatic carbocycles. The number of aromatic nitrogens is 2. The first-order valence-electron chi connectivity index (χ1n) is 9.19. The number of piperidine rings is 1. The summed E-state index contributed by atoms with van der Waals surface area (Å²) in [4.78, 5) is 26.0. The van der Waals surface area contributed by atoms with Crippen LogP contribution < -0.4 is 9.80 Å². The lowest BCUT2D eigenvalue weighted by Gasteiger charge is -2.32. The number of aryl methyl sites for hydroxylation is 1. The molecule has 0 bridgehead atoms. The molecule has 1 aromatic heterocycles. The molecule has 2 aromatic rings. The van der Waals surface area contributed by atoms with Crippen molar-refractivity contribution in [2.75, 3.05) is 29.4 Å². The molecule has 5 nitrogen and oxygen atoms in total. The normalized spacial score (nSPS) is 20.3. The zero-order valence-corrected chi connectivity index (χ0v) is 14.7. The summed E-state index contributed by atoms with van der Waals surface area (Å²) in [6.45, 7) is 5.04. The number of carbonyl (C=O) groups is 1. The van der Waals surface area contributed by atoms with Crippen LogP contribution in [0, 0.1) is 5.92 Å². The van der Waals surface area contributed by atoms with Crippen molar-refractivity contribution in [2.24, 2.45) is 5.92 Å². The molecular formula is C20H24N4O. The summed E-state index contributed by atoms with van der Waals surface area (Å²) in [5.74, 6) is 1.50. The Morgan fingerprint density at radius 1 is 1.12 bits per heavy atom.